The van der Waals surface area contributed by atoms with Crippen LogP contribution in [0.4, 0.5) is 11.4 Å². The van der Waals surface area contributed by atoms with Crippen molar-refractivity contribution in [3.05, 3.63) is 53.1 Å². The van der Waals surface area contributed by atoms with Gasteiger partial charge in [0, 0.05) is 22.8 Å². The number of carbonyl (C=O) groups excluding carboxylic acids is 1. The number of rotatable bonds is 4. The average molecular weight is 406 g/mol. The summed E-state index contributed by atoms with van der Waals surface area (Å²) in [5.41, 5.74) is 1.35. The largest absolute Gasteiger partial charge is 0.328 e. The van der Waals surface area contributed by atoms with Gasteiger partial charge < -0.3 is 10.2 Å². The molecule has 1 aliphatic rings. The Morgan fingerprint density at radius 1 is 1.19 bits per heavy atom. The lowest BCUT2D eigenvalue weighted by molar-refractivity contribution is 0.102. The smallest absolute Gasteiger partial charge is 0.286 e. The van der Waals surface area contributed by atoms with Gasteiger partial charge in [-0.2, -0.15) is 8.42 Å². The molecule has 27 heavy (non-hydrogen) atoms. The second-order valence-electron chi connectivity index (χ2n) is 6.76. The van der Waals surface area contributed by atoms with Crippen molar-refractivity contribution in [3.63, 3.8) is 0 Å². The Morgan fingerprint density at radius 3 is 2.48 bits per heavy atom. The number of carbonyl (C=O) groups is 1. The van der Waals surface area contributed by atoms with Crippen LogP contribution in [0.2, 0.25) is 5.02 Å². The fourth-order valence-electron chi connectivity index (χ4n) is 2.86. The van der Waals surface area contributed by atoms with Gasteiger partial charge in [0.25, 0.3) is 15.9 Å². The Bertz CT molecular complexity index is 1010. The van der Waals surface area contributed by atoms with Gasteiger partial charge in [0.2, 0.25) is 0 Å². The van der Waals surface area contributed by atoms with Gasteiger partial charge >= 0.3 is 0 Å². The van der Waals surface area contributed by atoms with E-state index < -0.39 is 15.9 Å². The van der Waals surface area contributed by atoms with Crippen LogP contribution < -0.4 is 10.2 Å². The fraction of sp³-hybridized carbons (Fsp3) is 0.263. The van der Waals surface area contributed by atoms with Crippen LogP contribution in [0.5, 0.6) is 0 Å². The number of halogens is 1. The van der Waals surface area contributed by atoms with Gasteiger partial charge in [0.05, 0.1) is 5.69 Å². The molecule has 0 radical (unpaired) electrons. The summed E-state index contributed by atoms with van der Waals surface area (Å²) in [6.07, 6.45) is 0. The summed E-state index contributed by atoms with van der Waals surface area (Å²) in [5, 5.41) is 3.29. The van der Waals surface area contributed by atoms with Crippen LogP contribution in [-0.4, -0.2) is 26.7 Å². The van der Waals surface area contributed by atoms with Crippen LogP contribution in [0.1, 0.15) is 31.1 Å². The predicted molar refractivity (Wildman–Crippen MR) is 108 cm³/mol. The van der Waals surface area contributed by atoms with E-state index >= 15 is 0 Å². The van der Waals surface area contributed by atoms with Crippen LogP contribution >= 0.6 is 11.6 Å². The second-order valence-corrected chi connectivity index (χ2v) is 8.77. The molecule has 3 rings (SSSR count). The number of amidine groups is 1. The summed E-state index contributed by atoms with van der Waals surface area (Å²) in [4.78, 5) is 14.4. The van der Waals surface area contributed by atoms with E-state index in [0.29, 0.717) is 34.7 Å². The normalized spacial score (nSPS) is 15.3. The zero-order valence-electron chi connectivity index (χ0n) is 15.2. The van der Waals surface area contributed by atoms with Gasteiger partial charge in [-0.05, 0) is 55.3 Å². The zero-order chi connectivity index (χ0) is 19.8. The molecular formula is C19H20ClN3O3S. The van der Waals surface area contributed by atoms with Crippen molar-refractivity contribution < 1.29 is 13.2 Å². The van der Waals surface area contributed by atoms with Crippen molar-refractivity contribution in [3.8, 4) is 0 Å². The number of anilines is 2. The molecule has 1 amide bonds. The molecule has 0 atom stereocenters. The van der Waals surface area contributed by atoms with Crippen LogP contribution in [-0.2, 0) is 10.0 Å². The second kappa shape index (κ2) is 7.32. The van der Waals surface area contributed by atoms with Gasteiger partial charge in [-0.1, -0.05) is 25.4 Å². The lowest BCUT2D eigenvalue weighted by Crippen LogP contribution is -2.36. The number of sulfonamides is 1. The maximum absolute atomic E-state index is 12.5. The van der Waals surface area contributed by atoms with E-state index in [1.165, 1.54) is 6.07 Å². The lowest BCUT2D eigenvalue weighted by Gasteiger charge is -2.30. The SMILES string of the molecule is CC1=NS(=O)(=O)c2cc(C(=O)Nc3ccc(Cl)cc3)ccc2N1CC(C)C. The first kappa shape index (κ1) is 19.4. The molecule has 0 aliphatic carbocycles. The van der Waals surface area contributed by atoms with Crippen molar-refractivity contribution in [1.82, 2.24) is 0 Å². The van der Waals surface area contributed by atoms with E-state index in [1.54, 1.807) is 43.3 Å². The molecule has 0 saturated carbocycles. The summed E-state index contributed by atoms with van der Waals surface area (Å²) in [5.74, 6) is 0.336. The monoisotopic (exact) mass is 405 g/mol. The van der Waals surface area contributed by atoms with Gasteiger partial charge in [-0.15, -0.1) is 4.40 Å². The molecule has 2 aromatic rings. The van der Waals surface area contributed by atoms with Crippen molar-refractivity contribution in [1.29, 1.82) is 0 Å². The highest BCUT2D eigenvalue weighted by molar-refractivity contribution is 7.90. The summed E-state index contributed by atoms with van der Waals surface area (Å²) < 4.78 is 28.9. The molecule has 2 aromatic carbocycles. The minimum atomic E-state index is -3.85. The number of hydrogen-bond donors (Lipinski definition) is 1. The Kier molecular flexibility index (Phi) is 5.26. The first-order chi connectivity index (χ1) is 12.7. The third-order valence-electron chi connectivity index (χ3n) is 4.08. The molecule has 1 aliphatic heterocycles. The van der Waals surface area contributed by atoms with Crippen LogP contribution in [0.15, 0.2) is 51.8 Å². The minimum absolute atomic E-state index is 0.0394. The summed E-state index contributed by atoms with van der Waals surface area (Å²) in [6.45, 7) is 6.40. The Hall–Kier alpha value is -2.38. The van der Waals surface area contributed by atoms with Crippen molar-refractivity contribution >= 4 is 44.7 Å². The molecule has 6 nitrogen and oxygen atoms in total. The molecule has 142 valence electrons. The highest BCUT2D eigenvalue weighted by Gasteiger charge is 2.30. The van der Waals surface area contributed by atoms with E-state index in [4.69, 9.17) is 11.6 Å². The molecule has 0 saturated heterocycles. The first-order valence-corrected chi connectivity index (χ1v) is 10.3. The van der Waals surface area contributed by atoms with Gasteiger partial charge in [0.1, 0.15) is 10.7 Å². The highest BCUT2D eigenvalue weighted by Crippen LogP contribution is 2.33. The van der Waals surface area contributed by atoms with E-state index in [1.807, 2.05) is 18.7 Å². The quantitative estimate of drug-likeness (QED) is 0.827. The Morgan fingerprint density at radius 2 is 1.85 bits per heavy atom. The summed E-state index contributed by atoms with van der Waals surface area (Å²) >= 11 is 5.84. The summed E-state index contributed by atoms with van der Waals surface area (Å²) in [6, 6.07) is 11.3. The minimum Gasteiger partial charge on any atom is -0.328 e. The third-order valence-corrected chi connectivity index (χ3v) is 5.72. The molecule has 0 spiro atoms. The standard InChI is InChI=1S/C19H20ClN3O3S/c1-12(2)11-23-13(3)22-27(25,26)18-10-14(4-9-17(18)23)19(24)21-16-7-5-15(20)6-8-16/h4-10,12H,11H2,1-3H3,(H,21,24). The van der Waals surface area contributed by atoms with Gasteiger partial charge in [0.15, 0.2) is 0 Å². The Balaban J connectivity index is 1.96. The topological polar surface area (TPSA) is 78.8 Å². The predicted octanol–water partition coefficient (Wildman–Crippen LogP) is 4.18. The molecule has 0 bridgehead atoms. The van der Waals surface area contributed by atoms with E-state index in [-0.39, 0.29) is 10.5 Å². The number of benzene rings is 2. The lowest BCUT2D eigenvalue weighted by atomic mass is 10.1. The third kappa shape index (κ3) is 4.14. The van der Waals surface area contributed by atoms with Crippen LogP contribution in [0.3, 0.4) is 0 Å². The summed E-state index contributed by atoms with van der Waals surface area (Å²) in [7, 11) is -3.85. The van der Waals surface area contributed by atoms with Crippen LogP contribution in [0.25, 0.3) is 0 Å². The van der Waals surface area contributed by atoms with Crippen molar-refractivity contribution in [2.75, 3.05) is 16.8 Å². The molecule has 1 heterocycles. The highest BCUT2D eigenvalue weighted by atomic mass is 35.5. The number of fused-ring (bicyclic) bond motifs is 1. The molecule has 0 unspecified atom stereocenters. The molecule has 1 N–H and O–H groups in total. The van der Waals surface area contributed by atoms with Crippen molar-refractivity contribution in [2.45, 2.75) is 25.7 Å². The zero-order valence-corrected chi connectivity index (χ0v) is 16.8. The number of amides is 1. The maximum Gasteiger partial charge on any atom is 0.286 e. The van der Waals surface area contributed by atoms with E-state index in [0.717, 1.165) is 0 Å². The average Bonchev–Trinajstić information content (AvgIpc) is 2.59. The van der Waals surface area contributed by atoms with E-state index in [2.05, 4.69) is 9.71 Å². The molecular weight excluding hydrogens is 386 g/mol. The fourth-order valence-corrected chi connectivity index (χ4v) is 4.25. The van der Waals surface area contributed by atoms with Gasteiger partial charge in [-0.25, -0.2) is 0 Å². The van der Waals surface area contributed by atoms with Crippen LogP contribution in [0, 0.1) is 5.92 Å². The Labute approximate surface area is 163 Å². The molecule has 0 aromatic heterocycles. The number of hydrogen-bond acceptors (Lipinski definition) is 4. The van der Waals surface area contributed by atoms with E-state index in [9.17, 15) is 13.2 Å². The first-order valence-electron chi connectivity index (χ1n) is 8.47. The van der Waals surface area contributed by atoms with Crippen molar-refractivity contribution in [2.24, 2.45) is 10.3 Å². The number of nitrogens with zero attached hydrogens (tertiary/aromatic N) is 2. The molecule has 8 heteroatoms. The molecule has 0 fully saturated rings. The van der Waals surface area contributed by atoms with Gasteiger partial charge in [-0.3, -0.25) is 4.79 Å². The number of nitrogens with one attached hydrogen (secondary N) is 1. The maximum atomic E-state index is 12.5.